The van der Waals surface area contributed by atoms with Crippen LogP contribution in [-0.4, -0.2) is 48.2 Å². The molecule has 1 saturated heterocycles. The first-order valence-electron chi connectivity index (χ1n) is 9.69. The molecule has 0 radical (unpaired) electrons. The Hall–Kier alpha value is -0.410. The fourth-order valence-electron chi connectivity index (χ4n) is 5.27. The second-order valence-corrected chi connectivity index (χ2v) is 8.88. The smallest absolute Gasteiger partial charge is 0.194 e. The molecule has 1 aromatic rings. The number of nitrogens with one attached hydrogen (secondary N) is 1. The van der Waals surface area contributed by atoms with Crippen LogP contribution in [0.3, 0.4) is 0 Å². The lowest BCUT2D eigenvalue weighted by Gasteiger charge is -2.57. The van der Waals surface area contributed by atoms with Crippen molar-refractivity contribution in [1.82, 2.24) is 15.2 Å². The van der Waals surface area contributed by atoms with Crippen molar-refractivity contribution in [3.63, 3.8) is 0 Å². The number of fused-ring (bicyclic) bond motifs is 2. The van der Waals surface area contributed by atoms with Crippen LogP contribution in [0.4, 0.5) is 0 Å². The quantitative estimate of drug-likeness (QED) is 0.396. The van der Waals surface area contributed by atoms with Crippen molar-refractivity contribution in [2.24, 2.45) is 16.3 Å². The van der Waals surface area contributed by atoms with Crippen LogP contribution in [-0.2, 0) is 11.3 Å². The van der Waals surface area contributed by atoms with E-state index >= 15 is 0 Å². The second kappa shape index (κ2) is 8.31. The van der Waals surface area contributed by atoms with Gasteiger partial charge in [-0.1, -0.05) is 12.8 Å². The van der Waals surface area contributed by atoms with Crippen molar-refractivity contribution in [3.05, 3.63) is 16.1 Å². The Morgan fingerprint density at radius 2 is 2.23 bits per heavy atom. The molecule has 3 unspecified atom stereocenters. The van der Waals surface area contributed by atoms with Gasteiger partial charge in [-0.25, -0.2) is 4.98 Å². The summed E-state index contributed by atoms with van der Waals surface area (Å²) in [6, 6.07) is 0.521. The minimum absolute atomic E-state index is 0. The topological polar surface area (TPSA) is 49.8 Å². The second-order valence-electron chi connectivity index (χ2n) is 7.82. The van der Waals surface area contributed by atoms with Crippen LogP contribution >= 0.6 is 35.3 Å². The maximum atomic E-state index is 6.12. The summed E-state index contributed by atoms with van der Waals surface area (Å²) >= 11 is 1.71. The molecule has 3 aliphatic rings. The molecule has 1 N–H and O–H groups in total. The number of hydrogen-bond donors (Lipinski definition) is 1. The zero-order valence-electron chi connectivity index (χ0n) is 16.0. The highest BCUT2D eigenvalue weighted by Crippen LogP contribution is 2.60. The van der Waals surface area contributed by atoms with Crippen molar-refractivity contribution < 1.29 is 4.74 Å². The van der Waals surface area contributed by atoms with E-state index in [1.165, 1.54) is 32.1 Å². The normalized spacial score (nSPS) is 29.2. The van der Waals surface area contributed by atoms with Gasteiger partial charge in [0.1, 0.15) is 0 Å². The van der Waals surface area contributed by atoms with Gasteiger partial charge in [0.05, 0.1) is 23.4 Å². The molecule has 1 spiro atoms. The molecule has 0 amide bonds. The molecule has 1 aromatic heterocycles. The number of hydrogen-bond acceptors (Lipinski definition) is 4. The highest BCUT2D eigenvalue weighted by atomic mass is 127. The van der Waals surface area contributed by atoms with E-state index in [1.54, 1.807) is 11.3 Å². The van der Waals surface area contributed by atoms with E-state index in [4.69, 9.17) is 9.73 Å². The lowest BCUT2D eigenvalue weighted by molar-refractivity contribution is -0.125. The molecule has 7 heteroatoms. The maximum Gasteiger partial charge on any atom is 0.194 e. The van der Waals surface area contributed by atoms with Crippen molar-refractivity contribution in [2.45, 2.75) is 64.6 Å². The summed E-state index contributed by atoms with van der Waals surface area (Å²) in [7, 11) is 2.12. The average molecular weight is 490 g/mol. The molecule has 0 aromatic carbocycles. The van der Waals surface area contributed by atoms with Gasteiger partial charge in [-0.3, -0.25) is 4.99 Å². The monoisotopic (exact) mass is 490 g/mol. The number of thiazole rings is 1. The molecule has 1 aliphatic heterocycles. The number of guanidine groups is 1. The summed E-state index contributed by atoms with van der Waals surface area (Å²) in [5.41, 5.74) is 1.48. The first-order valence-corrected chi connectivity index (χ1v) is 10.6. The summed E-state index contributed by atoms with van der Waals surface area (Å²) in [6.07, 6.45) is 6.98. The summed E-state index contributed by atoms with van der Waals surface area (Å²) < 4.78 is 6.12. The van der Waals surface area contributed by atoms with Gasteiger partial charge in [0, 0.05) is 43.0 Å². The Morgan fingerprint density at radius 1 is 1.46 bits per heavy atom. The maximum absolute atomic E-state index is 6.12. The molecule has 26 heavy (non-hydrogen) atoms. The number of aryl methyl sites for hydroxylation is 1. The van der Waals surface area contributed by atoms with Gasteiger partial charge in [-0.2, -0.15) is 0 Å². The Bertz CT molecular complexity index is 643. The molecule has 3 atom stereocenters. The van der Waals surface area contributed by atoms with Gasteiger partial charge in [-0.05, 0) is 33.1 Å². The van der Waals surface area contributed by atoms with E-state index in [-0.39, 0.29) is 24.0 Å². The zero-order chi connectivity index (χ0) is 17.4. The minimum Gasteiger partial charge on any atom is -0.377 e. The van der Waals surface area contributed by atoms with Crippen LogP contribution in [0.25, 0.3) is 0 Å². The highest BCUT2D eigenvalue weighted by Gasteiger charge is 2.65. The zero-order valence-corrected chi connectivity index (χ0v) is 19.2. The molecule has 3 fully saturated rings. The van der Waals surface area contributed by atoms with Gasteiger partial charge in [0.15, 0.2) is 5.96 Å². The molecule has 2 aliphatic carbocycles. The first-order chi connectivity index (χ1) is 12.1. The Kier molecular flexibility index (Phi) is 6.49. The van der Waals surface area contributed by atoms with E-state index in [2.05, 4.69) is 41.5 Å². The summed E-state index contributed by atoms with van der Waals surface area (Å²) in [4.78, 5) is 11.6. The number of nitrogens with zero attached hydrogens (tertiary/aromatic N) is 3. The number of ether oxygens (including phenoxy) is 1. The molecular weight excluding hydrogens is 459 g/mol. The van der Waals surface area contributed by atoms with Gasteiger partial charge >= 0.3 is 0 Å². The van der Waals surface area contributed by atoms with Crippen LogP contribution < -0.4 is 5.32 Å². The van der Waals surface area contributed by atoms with Gasteiger partial charge in [0.2, 0.25) is 0 Å². The van der Waals surface area contributed by atoms with E-state index in [1.807, 2.05) is 0 Å². The van der Waals surface area contributed by atoms with Crippen LogP contribution in [0.5, 0.6) is 0 Å². The first kappa shape index (κ1) is 20.3. The number of aliphatic imine (C=N–C) groups is 1. The molecule has 146 valence electrons. The van der Waals surface area contributed by atoms with Gasteiger partial charge < -0.3 is 15.0 Å². The SMILES string of the molecule is CCN=C(NC1C2CCOC2C12CCCC2)N(C)Cc1csc(C)n1.I. The largest absolute Gasteiger partial charge is 0.377 e. The Labute approximate surface area is 178 Å². The number of aromatic nitrogens is 1. The third-order valence-corrected chi connectivity index (χ3v) is 7.13. The van der Waals surface area contributed by atoms with Crippen molar-refractivity contribution in [3.8, 4) is 0 Å². The predicted molar refractivity (Wildman–Crippen MR) is 117 cm³/mol. The summed E-state index contributed by atoms with van der Waals surface area (Å²) in [6.45, 7) is 6.71. The molecular formula is C19H31IN4OS. The average Bonchev–Trinajstić information content (AvgIpc) is 3.31. The summed E-state index contributed by atoms with van der Waals surface area (Å²) in [5.74, 6) is 1.69. The number of rotatable bonds is 4. The molecule has 0 bridgehead atoms. The predicted octanol–water partition coefficient (Wildman–Crippen LogP) is 3.81. The van der Waals surface area contributed by atoms with Crippen LogP contribution in [0.2, 0.25) is 0 Å². The van der Waals surface area contributed by atoms with Crippen molar-refractivity contribution in [2.75, 3.05) is 20.2 Å². The standard InChI is InChI=1S/C19H30N4OS.HI/c1-4-20-18(23(3)11-14-12-25-13(2)21-14)22-16-15-7-10-24-17(15)19(16)8-5-6-9-19;/h12,15-17H,4-11H2,1-3H3,(H,20,22);1H. The van der Waals surface area contributed by atoms with Crippen LogP contribution in [0.15, 0.2) is 10.4 Å². The van der Waals surface area contributed by atoms with Crippen molar-refractivity contribution in [1.29, 1.82) is 0 Å². The minimum atomic E-state index is 0. The fraction of sp³-hybridized carbons (Fsp3) is 0.789. The van der Waals surface area contributed by atoms with Crippen LogP contribution in [0, 0.1) is 18.3 Å². The van der Waals surface area contributed by atoms with E-state index in [0.717, 1.165) is 36.4 Å². The van der Waals surface area contributed by atoms with Gasteiger partial charge in [0.25, 0.3) is 0 Å². The third kappa shape index (κ3) is 3.51. The lowest BCUT2D eigenvalue weighted by atomic mass is 9.54. The van der Waals surface area contributed by atoms with E-state index in [0.29, 0.717) is 23.5 Å². The molecule has 4 rings (SSSR count). The highest BCUT2D eigenvalue weighted by molar-refractivity contribution is 14.0. The van der Waals surface area contributed by atoms with Crippen molar-refractivity contribution >= 4 is 41.3 Å². The Morgan fingerprint density at radius 3 is 2.88 bits per heavy atom. The van der Waals surface area contributed by atoms with E-state index < -0.39 is 0 Å². The lowest BCUT2D eigenvalue weighted by Crippen LogP contribution is -2.69. The molecule has 2 saturated carbocycles. The summed E-state index contributed by atoms with van der Waals surface area (Å²) in [5, 5.41) is 7.13. The van der Waals surface area contributed by atoms with E-state index in [9.17, 15) is 0 Å². The number of halogens is 1. The van der Waals surface area contributed by atoms with Gasteiger partial charge in [-0.15, -0.1) is 35.3 Å². The third-order valence-electron chi connectivity index (χ3n) is 6.31. The molecule has 2 heterocycles. The molecule has 5 nitrogen and oxygen atoms in total. The fourth-order valence-corrected chi connectivity index (χ4v) is 5.87. The Balaban J connectivity index is 0.00000196. The van der Waals surface area contributed by atoms with Crippen LogP contribution in [0.1, 0.15) is 49.7 Å².